The average Bonchev–Trinajstić information content (AvgIpc) is 3.06. The van der Waals surface area contributed by atoms with Gasteiger partial charge in [-0.15, -0.1) is 0 Å². The third-order valence-corrected chi connectivity index (χ3v) is 5.00. The van der Waals surface area contributed by atoms with Gasteiger partial charge in [0.2, 0.25) is 11.8 Å². The Morgan fingerprint density at radius 1 is 1.38 bits per heavy atom. The Bertz CT molecular complexity index is 681. The summed E-state index contributed by atoms with van der Waals surface area (Å²) in [6, 6.07) is -0.656. The molecule has 0 radical (unpaired) electrons. The number of rotatable bonds is 4. The molecule has 1 aliphatic carbocycles. The van der Waals surface area contributed by atoms with E-state index in [0.29, 0.717) is 6.54 Å². The Kier molecular flexibility index (Phi) is 4.43. The molecule has 24 heavy (non-hydrogen) atoms. The smallest absolute Gasteiger partial charge is 0.252 e. The summed E-state index contributed by atoms with van der Waals surface area (Å²) in [7, 11) is 3.34. The number of fused-ring (bicyclic) bond motifs is 1. The monoisotopic (exact) mass is 332 g/mol. The predicted molar refractivity (Wildman–Crippen MR) is 87.1 cm³/mol. The van der Waals surface area contributed by atoms with E-state index < -0.39 is 6.04 Å². The van der Waals surface area contributed by atoms with Crippen LogP contribution in [0, 0.1) is 0 Å². The number of hydrogen-bond donors (Lipinski definition) is 0. The molecule has 7 nitrogen and oxygen atoms in total. The highest BCUT2D eigenvalue weighted by atomic mass is 16.2. The molecule has 1 fully saturated rings. The van der Waals surface area contributed by atoms with E-state index in [1.165, 1.54) is 7.05 Å². The Balaban J connectivity index is 1.88. The van der Waals surface area contributed by atoms with Gasteiger partial charge in [-0.3, -0.25) is 24.0 Å². The van der Waals surface area contributed by atoms with Crippen molar-refractivity contribution in [2.24, 2.45) is 7.05 Å². The number of carbonyl (C=O) groups excluding carboxylic acids is 3. The van der Waals surface area contributed by atoms with Crippen molar-refractivity contribution in [3.05, 3.63) is 17.5 Å². The van der Waals surface area contributed by atoms with Crippen molar-refractivity contribution in [2.75, 3.05) is 13.6 Å². The molecule has 0 aromatic carbocycles. The third-order valence-electron chi connectivity index (χ3n) is 5.00. The molecular formula is C17H24N4O3. The first kappa shape index (κ1) is 16.7. The van der Waals surface area contributed by atoms with Gasteiger partial charge >= 0.3 is 0 Å². The molecule has 0 bridgehead atoms. The lowest BCUT2D eigenvalue weighted by atomic mass is 9.85. The van der Waals surface area contributed by atoms with E-state index >= 15 is 0 Å². The number of likely N-dealkylation sites (tertiary alicyclic amines) is 1. The highest BCUT2D eigenvalue weighted by molar-refractivity contribution is 6.06. The molecule has 1 aromatic heterocycles. The summed E-state index contributed by atoms with van der Waals surface area (Å²) in [6.07, 6.45) is 5.32. The summed E-state index contributed by atoms with van der Waals surface area (Å²) in [4.78, 5) is 40.2. The van der Waals surface area contributed by atoms with Gasteiger partial charge in [0.15, 0.2) is 0 Å². The van der Waals surface area contributed by atoms with E-state index in [0.717, 1.165) is 41.8 Å². The topological polar surface area (TPSA) is 75.5 Å². The second-order valence-corrected chi connectivity index (χ2v) is 6.69. The molecule has 2 atom stereocenters. The summed E-state index contributed by atoms with van der Waals surface area (Å²) in [5.74, 6) is -0.802. The molecule has 2 aliphatic rings. The van der Waals surface area contributed by atoms with Crippen molar-refractivity contribution in [1.29, 1.82) is 0 Å². The first-order valence-electron chi connectivity index (χ1n) is 8.57. The minimum Gasteiger partial charge on any atom is -0.330 e. The standard InChI is InChI=1S/C17H24N4O3/c1-4-8-21(14-9-15(22)20(3)17(14)24)16(23)11-6-5-7-13-12(11)10-19(2)18-13/h10-11,14H,4-9H2,1-3H3/t11-,14+/m0/s1. The number of aromatic nitrogens is 2. The fourth-order valence-electron chi connectivity index (χ4n) is 3.76. The van der Waals surface area contributed by atoms with Crippen molar-refractivity contribution < 1.29 is 14.4 Å². The normalized spacial score (nSPS) is 23.5. The van der Waals surface area contributed by atoms with Crippen LogP contribution in [-0.2, 0) is 27.9 Å². The van der Waals surface area contributed by atoms with Gasteiger partial charge in [-0.25, -0.2) is 0 Å². The molecule has 130 valence electrons. The number of imide groups is 1. The summed E-state index contributed by atoms with van der Waals surface area (Å²) in [6.45, 7) is 2.46. The summed E-state index contributed by atoms with van der Waals surface area (Å²) >= 11 is 0. The van der Waals surface area contributed by atoms with Gasteiger partial charge in [-0.05, 0) is 25.7 Å². The minimum atomic E-state index is -0.656. The van der Waals surface area contributed by atoms with Crippen molar-refractivity contribution in [3.8, 4) is 0 Å². The van der Waals surface area contributed by atoms with Gasteiger partial charge in [0.25, 0.3) is 5.91 Å². The fourth-order valence-corrected chi connectivity index (χ4v) is 3.76. The van der Waals surface area contributed by atoms with Crippen LogP contribution in [0.2, 0.25) is 0 Å². The van der Waals surface area contributed by atoms with Crippen LogP contribution in [0.1, 0.15) is 49.8 Å². The molecule has 0 spiro atoms. The molecule has 1 saturated heterocycles. The quantitative estimate of drug-likeness (QED) is 0.766. The second kappa shape index (κ2) is 6.37. The van der Waals surface area contributed by atoms with Gasteiger partial charge in [-0.2, -0.15) is 5.10 Å². The fraction of sp³-hybridized carbons (Fsp3) is 0.647. The Hall–Kier alpha value is -2.18. The maximum absolute atomic E-state index is 13.2. The van der Waals surface area contributed by atoms with Crippen LogP contribution in [-0.4, -0.2) is 56.9 Å². The number of amides is 3. The zero-order valence-electron chi connectivity index (χ0n) is 14.5. The Morgan fingerprint density at radius 3 is 2.75 bits per heavy atom. The third kappa shape index (κ3) is 2.72. The number of aryl methyl sites for hydroxylation is 2. The average molecular weight is 332 g/mol. The van der Waals surface area contributed by atoms with Crippen molar-refractivity contribution in [3.63, 3.8) is 0 Å². The Labute approximate surface area is 141 Å². The van der Waals surface area contributed by atoms with Crippen LogP contribution in [0.15, 0.2) is 6.20 Å². The predicted octanol–water partition coefficient (Wildman–Crippen LogP) is 0.836. The van der Waals surface area contributed by atoms with Crippen molar-refractivity contribution in [1.82, 2.24) is 19.6 Å². The van der Waals surface area contributed by atoms with Gasteiger partial charge in [0.05, 0.1) is 18.0 Å². The van der Waals surface area contributed by atoms with Gasteiger partial charge < -0.3 is 4.90 Å². The van der Waals surface area contributed by atoms with E-state index in [-0.39, 0.29) is 30.1 Å². The van der Waals surface area contributed by atoms with Gasteiger partial charge in [0, 0.05) is 32.4 Å². The maximum Gasteiger partial charge on any atom is 0.252 e. The minimum absolute atomic E-state index is 0.0488. The van der Waals surface area contributed by atoms with Crippen LogP contribution in [0.25, 0.3) is 0 Å². The summed E-state index contributed by atoms with van der Waals surface area (Å²) in [5.41, 5.74) is 1.95. The van der Waals surface area contributed by atoms with E-state index in [1.807, 2.05) is 20.2 Å². The van der Waals surface area contributed by atoms with Crippen LogP contribution in [0.3, 0.4) is 0 Å². The molecular weight excluding hydrogens is 308 g/mol. The van der Waals surface area contributed by atoms with Crippen molar-refractivity contribution >= 4 is 17.7 Å². The number of carbonyl (C=O) groups is 3. The number of likely N-dealkylation sites (N-methyl/N-ethyl adjacent to an activating group) is 1. The Morgan fingerprint density at radius 2 is 2.12 bits per heavy atom. The van der Waals surface area contributed by atoms with Gasteiger partial charge in [0.1, 0.15) is 6.04 Å². The number of hydrogen-bond acceptors (Lipinski definition) is 4. The molecule has 1 aromatic rings. The lowest BCUT2D eigenvalue weighted by Crippen LogP contribution is -2.47. The molecule has 1 aliphatic heterocycles. The molecule has 0 N–H and O–H groups in total. The van der Waals surface area contributed by atoms with Crippen LogP contribution in [0.4, 0.5) is 0 Å². The lowest BCUT2D eigenvalue weighted by molar-refractivity contribution is -0.144. The summed E-state index contributed by atoms with van der Waals surface area (Å²) < 4.78 is 1.75. The van der Waals surface area contributed by atoms with Crippen LogP contribution in [0.5, 0.6) is 0 Å². The van der Waals surface area contributed by atoms with Gasteiger partial charge in [-0.1, -0.05) is 6.92 Å². The summed E-state index contributed by atoms with van der Waals surface area (Å²) in [5, 5.41) is 4.44. The van der Waals surface area contributed by atoms with Crippen molar-refractivity contribution in [2.45, 2.75) is 51.0 Å². The zero-order valence-corrected chi connectivity index (χ0v) is 14.5. The van der Waals surface area contributed by atoms with Crippen LogP contribution >= 0.6 is 0 Å². The molecule has 7 heteroatoms. The highest BCUT2D eigenvalue weighted by Gasteiger charge is 2.43. The SMILES string of the molecule is CCCN(C(=O)[C@H]1CCCc2nn(C)cc21)[C@@H]1CC(=O)N(C)C1=O. The maximum atomic E-state index is 13.2. The molecule has 0 saturated carbocycles. The number of nitrogens with zero attached hydrogens (tertiary/aromatic N) is 4. The molecule has 2 heterocycles. The largest absolute Gasteiger partial charge is 0.330 e. The van der Waals surface area contributed by atoms with E-state index in [1.54, 1.807) is 9.58 Å². The van der Waals surface area contributed by atoms with Crippen LogP contribution < -0.4 is 0 Å². The lowest BCUT2D eigenvalue weighted by Gasteiger charge is -2.32. The van der Waals surface area contributed by atoms with E-state index in [2.05, 4.69) is 5.10 Å². The van der Waals surface area contributed by atoms with E-state index in [9.17, 15) is 14.4 Å². The first-order chi connectivity index (χ1) is 11.4. The molecule has 3 amide bonds. The zero-order chi connectivity index (χ0) is 17.4. The van der Waals surface area contributed by atoms with E-state index in [4.69, 9.17) is 0 Å². The second-order valence-electron chi connectivity index (χ2n) is 6.69. The highest BCUT2D eigenvalue weighted by Crippen LogP contribution is 2.33. The first-order valence-corrected chi connectivity index (χ1v) is 8.57. The molecule has 0 unspecified atom stereocenters. The molecule has 3 rings (SSSR count).